The number of aryl methyl sites for hydroxylation is 1. The van der Waals surface area contributed by atoms with E-state index in [1.54, 1.807) is 17.7 Å². The monoisotopic (exact) mass is 294 g/mol. The van der Waals surface area contributed by atoms with Crippen molar-refractivity contribution in [2.45, 2.75) is 45.7 Å². The standard InChI is InChI=1S/C15H22N2O4/c1-3-14(19)21-12-8-6-5-7-10-16-11-9-13(18)17(4-2)15(16)20/h3,9,11H,1,4-8,10,12H2,2H3. The number of unbranched alkanes of at least 4 members (excludes halogenated alkanes) is 3. The number of carbonyl (C=O) groups excluding carboxylic acids is 1. The maximum atomic E-state index is 12.0. The van der Waals surface area contributed by atoms with Gasteiger partial charge in [-0.3, -0.25) is 9.36 Å². The second-order valence-corrected chi connectivity index (χ2v) is 4.66. The van der Waals surface area contributed by atoms with Crippen LogP contribution in [-0.4, -0.2) is 21.7 Å². The first-order valence-electron chi connectivity index (χ1n) is 7.19. The highest BCUT2D eigenvalue weighted by molar-refractivity contribution is 5.81. The van der Waals surface area contributed by atoms with Crippen LogP contribution < -0.4 is 11.2 Å². The molecule has 0 unspecified atom stereocenters. The first kappa shape index (κ1) is 16.9. The highest BCUT2D eigenvalue weighted by Crippen LogP contribution is 2.01. The molecule has 0 spiro atoms. The number of carbonyl (C=O) groups is 1. The van der Waals surface area contributed by atoms with Crippen LogP contribution in [0.1, 0.15) is 32.6 Å². The minimum absolute atomic E-state index is 0.259. The molecule has 6 heteroatoms. The lowest BCUT2D eigenvalue weighted by Crippen LogP contribution is -2.38. The summed E-state index contributed by atoms with van der Waals surface area (Å²) in [5, 5.41) is 0. The molecule has 1 heterocycles. The predicted octanol–water partition coefficient (Wildman–Crippen LogP) is 1.32. The second kappa shape index (κ2) is 8.94. The quantitative estimate of drug-likeness (QED) is 0.391. The summed E-state index contributed by atoms with van der Waals surface area (Å²) in [4.78, 5) is 34.2. The number of ether oxygens (including phenoxy) is 1. The second-order valence-electron chi connectivity index (χ2n) is 4.66. The van der Waals surface area contributed by atoms with E-state index in [1.165, 1.54) is 10.6 Å². The highest BCUT2D eigenvalue weighted by Gasteiger charge is 2.03. The molecule has 0 aliphatic carbocycles. The van der Waals surface area contributed by atoms with Gasteiger partial charge in [-0.15, -0.1) is 0 Å². The molecular formula is C15H22N2O4. The topological polar surface area (TPSA) is 70.3 Å². The van der Waals surface area contributed by atoms with E-state index in [9.17, 15) is 14.4 Å². The van der Waals surface area contributed by atoms with Crippen LogP contribution in [0, 0.1) is 0 Å². The highest BCUT2D eigenvalue weighted by atomic mass is 16.5. The Morgan fingerprint density at radius 2 is 2.00 bits per heavy atom. The Bertz CT molecular complexity index is 586. The lowest BCUT2D eigenvalue weighted by molar-refractivity contribution is -0.137. The van der Waals surface area contributed by atoms with Gasteiger partial charge in [-0.25, -0.2) is 9.59 Å². The van der Waals surface area contributed by atoms with Crippen LogP contribution in [0.25, 0.3) is 0 Å². The van der Waals surface area contributed by atoms with Crippen molar-refractivity contribution in [2.24, 2.45) is 0 Å². The van der Waals surface area contributed by atoms with Crippen LogP contribution >= 0.6 is 0 Å². The normalized spacial score (nSPS) is 10.3. The molecule has 6 nitrogen and oxygen atoms in total. The molecule has 0 aliphatic heterocycles. The van der Waals surface area contributed by atoms with Crippen LogP contribution in [0.4, 0.5) is 0 Å². The summed E-state index contributed by atoms with van der Waals surface area (Å²) in [7, 11) is 0. The molecule has 116 valence electrons. The summed E-state index contributed by atoms with van der Waals surface area (Å²) >= 11 is 0. The van der Waals surface area contributed by atoms with E-state index in [1.807, 2.05) is 0 Å². The van der Waals surface area contributed by atoms with Crippen LogP contribution in [0.3, 0.4) is 0 Å². The molecule has 0 saturated carbocycles. The summed E-state index contributed by atoms with van der Waals surface area (Å²) in [6, 6.07) is 1.42. The lowest BCUT2D eigenvalue weighted by atomic mass is 10.2. The van der Waals surface area contributed by atoms with E-state index in [0.717, 1.165) is 31.8 Å². The van der Waals surface area contributed by atoms with E-state index < -0.39 is 5.97 Å². The first-order valence-corrected chi connectivity index (χ1v) is 7.19. The van der Waals surface area contributed by atoms with Gasteiger partial charge in [0.1, 0.15) is 0 Å². The van der Waals surface area contributed by atoms with Crippen molar-refractivity contribution in [1.29, 1.82) is 0 Å². The van der Waals surface area contributed by atoms with Crippen molar-refractivity contribution in [3.63, 3.8) is 0 Å². The molecule has 1 aromatic rings. The maximum absolute atomic E-state index is 12.0. The number of nitrogens with zero attached hydrogens (tertiary/aromatic N) is 2. The summed E-state index contributed by atoms with van der Waals surface area (Å²) in [6.45, 7) is 6.46. The first-order chi connectivity index (χ1) is 10.1. The van der Waals surface area contributed by atoms with Gasteiger partial charge < -0.3 is 9.30 Å². The summed E-state index contributed by atoms with van der Waals surface area (Å²) in [5.74, 6) is -0.400. The van der Waals surface area contributed by atoms with Gasteiger partial charge in [-0.05, 0) is 26.2 Å². The Labute approximate surface area is 123 Å². The zero-order chi connectivity index (χ0) is 15.7. The molecule has 0 fully saturated rings. The third-order valence-corrected chi connectivity index (χ3v) is 3.16. The van der Waals surface area contributed by atoms with Gasteiger partial charge >= 0.3 is 11.7 Å². The van der Waals surface area contributed by atoms with Crippen molar-refractivity contribution in [3.05, 3.63) is 45.8 Å². The largest absolute Gasteiger partial charge is 0.463 e. The van der Waals surface area contributed by atoms with E-state index in [4.69, 9.17) is 4.74 Å². The van der Waals surface area contributed by atoms with Gasteiger partial charge in [0, 0.05) is 31.4 Å². The van der Waals surface area contributed by atoms with Gasteiger partial charge in [0.25, 0.3) is 5.56 Å². The van der Waals surface area contributed by atoms with Crippen LogP contribution in [0.2, 0.25) is 0 Å². The molecule has 0 bridgehead atoms. The van der Waals surface area contributed by atoms with E-state index in [2.05, 4.69) is 6.58 Å². The number of hydrogen-bond acceptors (Lipinski definition) is 4. The van der Waals surface area contributed by atoms with Gasteiger partial charge in [0.2, 0.25) is 0 Å². The van der Waals surface area contributed by atoms with Gasteiger partial charge in [0.05, 0.1) is 6.61 Å². The average molecular weight is 294 g/mol. The summed E-state index contributed by atoms with van der Waals surface area (Å²) in [5.41, 5.74) is -0.521. The average Bonchev–Trinajstić information content (AvgIpc) is 2.48. The van der Waals surface area contributed by atoms with Gasteiger partial charge in [0.15, 0.2) is 0 Å². The van der Waals surface area contributed by atoms with Crippen LogP contribution in [0.5, 0.6) is 0 Å². The molecular weight excluding hydrogens is 272 g/mol. The minimum Gasteiger partial charge on any atom is -0.463 e. The Morgan fingerprint density at radius 3 is 2.67 bits per heavy atom. The molecule has 1 aromatic heterocycles. The number of hydrogen-bond donors (Lipinski definition) is 0. The summed E-state index contributed by atoms with van der Waals surface area (Å²) in [6.07, 6.45) is 6.19. The van der Waals surface area contributed by atoms with Crippen molar-refractivity contribution >= 4 is 5.97 Å². The molecule has 0 radical (unpaired) electrons. The maximum Gasteiger partial charge on any atom is 0.330 e. The molecule has 21 heavy (non-hydrogen) atoms. The predicted molar refractivity (Wildman–Crippen MR) is 80.3 cm³/mol. The third kappa shape index (κ3) is 5.41. The molecule has 0 amide bonds. The fourth-order valence-electron chi connectivity index (χ4n) is 1.99. The van der Waals surface area contributed by atoms with E-state index >= 15 is 0 Å². The summed E-state index contributed by atoms with van der Waals surface area (Å²) < 4.78 is 7.64. The minimum atomic E-state index is -0.400. The van der Waals surface area contributed by atoms with E-state index in [0.29, 0.717) is 19.7 Å². The van der Waals surface area contributed by atoms with Crippen molar-refractivity contribution in [2.75, 3.05) is 6.61 Å². The van der Waals surface area contributed by atoms with Gasteiger partial charge in [-0.2, -0.15) is 0 Å². The third-order valence-electron chi connectivity index (χ3n) is 3.16. The van der Waals surface area contributed by atoms with Crippen molar-refractivity contribution in [3.8, 4) is 0 Å². The Morgan fingerprint density at radius 1 is 1.29 bits per heavy atom. The smallest absolute Gasteiger partial charge is 0.330 e. The van der Waals surface area contributed by atoms with Crippen LogP contribution in [-0.2, 0) is 22.6 Å². The molecule has 0 N–H and O–H groups in total. The van der Waals surface area contributed by atoms with E-state index in [-0.39, 0.29) is 11.2 Å². The number of aromatic nitrogens is 2. The Hall–Kier alpha value is -2.11. The molecule has 0 aromatic carbocycles. The molecule has 0 aliphatic rings. The Balaban J connectivity index is 2.31. The number of rotatable bonds is 9. The zero-order valence-electron chi connectivity index (χ0n) is 12.4. The fraction of sp³-hybridized carbons (Fsp3) is 0.533. The van der Waals surface area contributed by atoms with Gasteiger partial charge in [-0.1, -0.05) is 13.0 Å². The zero-order valence-corrected chi connectivity index (χ0v) is 12.4. The van der Waals surface area contributed by atoms with Crippen LogP contribution in [0.15, 0.2) is 34.5 Å². The fourth-order valence-corrected chi connectivity index (χ4v) is 1.99. The molecule has 1 rings (SSSR count). The van der Waals surface area contributed by atoms with Crippen molar-refractivity contribution < 1.29 is 9.53 Å². The SMILES string of the molecule is C=CC(=O)OCCCCCCn1ccc(=O)n(CC)c1=O. The molecule has 0 atom stereocenters. The van der Waals surface area contributed by atoms with Crippen molar-refractivity contribution in [1.82, 2.24) is 9.13 Å². The lowest BCUT2D eigenvalue weighted by Gasteiger charge is -2.08. The Kier molecular flexibility index (Phi) is 7.21. The number of esters is 1. The molecule has 0 saturated heterocycles.